The molecule has 0 saturated carbocycles. The summed E-state index contributed by atoms with van der Waals surface area (Å²) in [6.45, 7) is 0.318. The number of rotatable bonds is 5. The molecule has 6 nitrogen and oxygen atoms in total. The summed E-state index contributed by atoms with van der Waals surface area (Å²) in [4.78, 5) is 24.0. The van der Waals surface area contributed by atoms with Crippen molar-refractivity contribution in [1.29, 1.82) is 0 Å². The topological polar surface area (TPSA) is 79.8 Å². The van der Waals surface area contributed by atoms with E-state index in [1.54, 1.807) is 18.5 Å². The van der Waals surface area contributed by atoms with Crippen LogP contribution < -0.4 is 10.6 Å². The van der Waals surface area contributed by atoms with Gasteiger partial charge in [0.25, 0.3) is 5.91 Å². The Balaban J connectivity index is 1.59. The predicted octanol–water partition coefficient (Wildman–Crippen LogP) is 3.56. The number of nitrogens with zero attached hydrogens (tertiary/aromatic N) is 3. The zero-order valence-electron chi connectivity index (χ0n) is 13.9. The average molecular weight is 373 g/mol. The van der Waals surface area contributed by atoms with Gasteiger partial charge < -0.3 is 10.6 Å². The minimum Gasteiger partial charge on any atom is -0.348 e. The molecule has 0 aliphatic carbocycles. The number of amides is 1. The van der Waals surface area contributed by atoms with Crippen molar-refractivity contribution < 1.29 is 18.0 Å². The number of aromatic nitrogens is 3. The van der Waals surface area contributed by atoms with E-state index in [1.165, 1.54) is 24.5 Å². The molecule has 0 spiro atoms. The highest BCUT2D eigenvalue weighted by Crippen LogP contribution is 2.30. The van der Waals surface area contributed by atoms with Crippen LogP contribution in [-0.2, 0) is 12.7 Å². The maximum Gasteiger partial charge on any atom is 0.416 e. The summed E-state index contributed by atoms with van der Waals surface area (Å²) in [6, 6.07) is 8.08. The minimum absolute atomic E-state index is 0.165. The summed E-state index contributed by atoms with van der Waals surface area (Å²) in [5.41, 5.74) is 0.774. The quantitative estimate of drug-likeness (QED) is 0.715. The third-order valence-corrected chi connectivity index (χ3v) is 3.56. The molecule has 0 radical (unpaired) electrons. The third-order valence-electron chi connectivity index (χ3n) is 3.56. The Hall–Kier alpha value is -3.49. The molecule has 9 heteroatoms. The van der Waals surface area contributed by atoms with Gasteiger partial charge in [-0.15, -0.1) is 0 Å². The molecule has 2 N–H and O–H groups in total. The van der Waals surface area contributed by atoms with E-state index < -0.39 is 11.7 Å². The second kappa shape index (κ2) is 7.81. The molecule has 2 aromatic heterocycles. The number of carbonyl (C=O) groups excluding carboxylic acids is 1. The number of nitrogens with one attached hydrogen (secondary N) is 2. The van der Waals surface area contributed by atoms with E-state index >= 15 is 0 Å². The molecule has 3 aromatic rings. The lowest BCUT2D eigenvalue weighted by atomic mass is 10.2. The molecule has 1 amide bonds. The van der Waals surface area contributed by atoms with E-state index in [4.69, 9.17) is 0 Å². The van der Waals surface area contributed by atoms with E-state index in [1.807, 2.05) is 6.07 Å². The van der Waals surface area contributed by atoms with Crippen LogP contribution >= 0.6 is 0 Å². The van der Waals surface area contributed by atoms with Gasteiger partial charge in [-0.05, 0) is 35.9 Å². The predicted molar refractivity (Wildman–Crippen MR) is 92.2 cm³/mol. The van der Waals surface area contributed by atoms with Crippen LogP contribution in [0.5, 0.6) is 0 Å². The van der Waals surface area contributed by atoms with Crippen LogP contribution in [-0.4, -0.2) is 20.9 Å². The number of carbonyl (C=O) groups is 1. The normalized spacial score (nSPS) is 11.1. The summed E-state index contributed by atoms with van der Waals surface area (Å²) >= 11 is 0. The summed E-state index contributed by atoms with van der Waals surface area (Å²) in [7, 11) is 0. The molecule has 2 heterocycles. The maximum absolute atomic E-state index is 12.6. The lowest BCUT2D eigenvalue weighted by Crippen LogP contribution is -2.23. The molecule has 0 aliphatic rings. The summed E-state index contributed by atoms with van der Waals surface area (Å²) < 4.78 is 37.7. The zero-order valence-corrected chi connectivity index (χ0v) is 13.9. The van der Waals surface area contributed by atoms with E-state index in [-0.39, 0.29) is 17.4 Å². The largest absolute Gasteiger partial charge is 0.416 e. The lowest BCUT2D eigenvalue weighted by Gasteiger charge is -2.09. The van der Waals surface area contributed by atoms with Crippen LogP contribution in [0.4, 0.5) is 24.8 Å². The Kier molecular flexibility index (Phi) is 5.30. The molecule has 0 saturated heterocycles. The zero-order chi connectivity index (χ0) is 19.3. The standard InChI is InChI=1S/C18H14F3N5O/c19-18(20,21)14-3-5-15(6-4-14)26-17-24-10-13(11-25-17)16(27)23-9-12-2-1-7-22-8-12/h1-8,10-11H,9H2,(H,23,27)(H,24,25,26). The van der Waals surface area contributed by atoms with Gasteiger partial charge in [-0.2, -0.15) is 13.2 Å². The van der Waals surface area contributed by atoms with Gasteiger partial charge in [-0.25, -0.2) is 9.97 Å². The highest BCUT2D eigenvalue weighted by molar-refractivity contribution is 5.93. The number of halogens is 3. The monoisotopic (exact) mass is 373 g/mol. The number of alkyl halides is 3. The second-order valence-corrected chi connectivity index (χ2v) is 5.54. The molecule has 0 fully saturated rings. The van der Waals surface area contributed by atoms with E-state index in [9.17, 15) is 18.0 Å². The first-order chi connectivity index (χ1) is 12.9. The Morgan fingerprint density at radius 2 is 1.70 bits per heavy atom. The van der Waals surface area contributed by atoms with Crippen molar-refractivity contribution in [1.82, 2.24) is 20.3 Å². The smallest absolute Gasteiger partial charge is 0.348 e. The number of anilines is 2. The van der Waals surface area contributed by atoms with Gasteiger partial charge in [0.05, 0.1) is 11.1 Å². The molecule has 3 rings (SSSR count). The molecule has 0 bridgehead atoms. The average Bonchev–Trinajstić information content (AvgIpc) is 2.67. The summed E-state index contributed by atoms with van der Waals surface area (Å²) in [5.74, 6) is -0.182. The fraction of sp³-hybridized carbons (Fsp3) is 0.111. The molecule has 138 valence electrons. The Morgan fingerprint density at radius 1 is 1.00 bits per heavy atom. The van der Waals surface area contributed by atoms with Crippen LogP contribution in [0.25, 0.3) is 0 Å². The summed E-state index contributed by atoms with van der Waals surface area (Å²) in [5, 5.41) is 5.50. The van der Waals surface area contributed by atoms with Crippen molar-refractivity contribution in [2.45, 2.75) is 12.7 Å². The number of hydrogen-bond acceptors (Lipinski definition) is 5. The van der Waals surface area contributed by atoms with Gasteiger partial charge in [0.15, 0.2) is 0 Å². The van der Waals surface area contributed by atoms with E-state index in [0.717, 1.165) is 17.7 Å². The summed E-state index contributed by atoms with van der Waals surface area (Å²) in [6.07, 6.45) is 1.56. The van der Waals surface area contributed by atoms with Crippen LogP contribution in [0.15, 0.2) is 61.2 Å². The Bertz CT molecular complexity index is 897. The molecule has 27 heavy (non-hydrogen) atoms. The van der Waals surface area contributed by atoms with E-state index in [0.29, 0.717) is 12.2 Å². The highest BCUT2D eigenvalue weighted by Gasteiger charge is 2.29. The number of pyridine rings is 1. The lowest BCUT2D eigenvalue weighted by molar-refractivity contribution is -0.137. The van der Waals surface area contributed by atoms with Gasteiger partial charge in [-0.1, -0.05) is 6.07 Å². The van der Waals surface area contributed by atoms with Crippen molar-refractivity contribution in [3.8, 4) is 0 Å². The minimum atomic E-state index is -4.39. The molecule has 0 aliphatic heterocycles. The number of benzene rings is 1. The number of hydrogen-bond donors (Lipinski definition) is 2. The van der Waals surface area contributed by atoms with Crippen molar-refractivity contribution in [2.75, 3.05) is 5.32 Å². The van der Waals surface area contributed by atoms with Crippen molar-refractivity contribution in [3.63, 3.8) is 0 Å². The fourth-order valence-corrected chi connectivity index (χ4v) is 2.17. The van der Waals surface area contributed by atoms with Gasteiger partial charge in [0.2, 0.25) is 5.95 Å². The van der Waals surface area contributed by atoms with Crippen molar-refractivity contribution >= 4 is 17.5 Å². The van der Waals surface area contributed by atoms with E-state index in [2.05, 4.69) is 25.6 Å². The van der Waals surface area contributed by atoms with Crippen LogP contribution in [0, 0.1) is 0 Å². The Labute approximate surface area is 152 Å². The first-order valence-corrected chi connectivity index (χ1v) is 7.85. The fourth-order valence-electron chi connectivity index (χ4n) is 2.17. The van der Waals surface area contributed by atoms with Crippen molar-refractivity contribution in [2.24, 2.45) is 0 Å². The Morgan fingerprint density at radius 3 is 2.30 bits per heavy atom. The molecular weight excluding hydrogens is 359 g/mol. The first-order valence-electron chi connectivity index (χ1n) is 7.85. The van der Waals surface area contributed by atoms with Gasteiger partial charge in [-0.3, -0.25) is 9.78 Å². The van der Waals surface area contributed by atoms with Crippen LogP contribution in [0.3, 0.4) is 0 Å². The highest BCUT2D eigenvalue weighted by atomic mass is 19.4. The second-order valence-electron chi connectivity index (χ2n) is 5.54. The van der Waals surface area contributed by atoms with Crippen LogP contribution in [0.2, 0.25) is 0 Å². The van der Waals surface area contributed by atoms with Gasteiger partial charge >= 0.3 is 6.18 Å². The molecule has 1 aromatic carbocycles. The first kappa shape index (κ1) is 18.3. The SMILES string of the molecule is O=C(NCc1cccnc1)c1cnc(Nc2ccc(C(F)(F)F)cc2)nc1. The molecule has 0 atom stereocenters. The molecule has 0 unspecified atom stereocenters. The molecular formula is C18H14F3N5O. The van der Waals surface area contributed by atoms with Crippen LogP contribution in [0.1, 0.15) is 21.5 Å². The maximum atomic E-state index is 12.6. The third kappa shape index (κ3) is 5.00. The van der Waals surface area contributed by atoms with Crippen molar-refractivity contribution in [3.05, 3.63) is 77.9 Å². The van der Waals surface area contributed by atoms with Gasteiger partial charge in [0, 0.05) is 37.0 Å². The van der Waals surface area contributed by atoms with Gasteiger partial charge in [0.1, 0.15) is 0 Å².